The van der Waals surface area contributed by atoms with E-state index >= 15 is 0 Å². The van der Waals surface area contributed by atoms with Gasteiger partial charge < -0.3 is 15.7 Å². The summed E-state index contributed by atoms with van der Waals surface area (Å²) in [7, 11) is 0. The van der Waals surface area contributed by atoms with Gasteiger partial charge in [0.05, 0.1) is 12.6 Å². The van der Waals surface area contributed by atoms with Crippen LogP contribution in [0.25, 0.3) is 0 Å². The minimum Gasteiger partial charge on any atom is -0.387 e. The first-order valence-corrected chi connectivity index (χ1v) is 7.33. The molecule has 3 N–H and O–H groups in total. The van der Waals surface area contributed by atoms with Crippen molar-refractivity contribution < 1.29 is 9.90 Å². The first-order valence-electron chi connectivity index (χ1n) is 7.33. The topological polar surface area (TPSA) is 61.4 Å². The first-order chi connectivity index (χ1) is 9.58. The van der Waals surface area contributed by atoms with Crippen LogP contribution in [0.2, 0.25) is 0 Å². The van der Waals surface area contributed by atoms with Crippen molar-refractivity contribution in [1.29, 1.82) is 0 Å². The van der Waals surface area contributed by atoms with Crippen LogP contribution in [0.1, 0.15) is 38.4 Å². The quantitative estimate of drug-likeness (QED) is 0.709. The number of nitrogens with one attached hydrogen (secondary N) is 2. The van der Waals surface area contributed by atoms with Crippen LogP contribution < -0.4 is 10.6 Å². The Kier molecular flexibility index (Phi) is 5.15. The van der Waals surface area contributed by atoms with E-state index in [9.17, 15) is 9.90 Å². The van der Waals surface area contributed by atoms with Gasteiger partial charge in [0.2, 0.25) is 5.91 Å². The van der Waals surface area contributed by atoms with Gasteiger partial charge in [0, 0.05) is 12.1 Å². The molecule has 0 saturated heterocycles. The molecule has 1 aromatic rings. The predicted molar refractivity (Wildman–Crippen MR) is 79.2 cm³/mol. The number of aliphatic hydroxyl groups excluding tert-OH is 1. The third-order valence-electron chi connectivity index (χ3n) is 3.64. The zero-order valence-corrected chi connectivity index (χ0v) is 12.2. The van der Waals surface area contributed by atoms with Crippen LogP contribution in [0.4, 0.5) is 0 Å². The van der Waals surface area contributed by atoms with E-state index in [-0.39, 0.29) is 24.4 Å². The first kappa shape index (κ1) is 15.0. The summed E-state index contributed by atoms with van der Waals surface area (Å²) in [6, 6.07) is 9.81. The van der Waals surface area contributed by atoms with E-state index in [1.807, 2.05) is 44.2 Å². The molecule has 110 valence electrons. The van der Waals surface area contributed by atoms with Crippen LogP contribution in [0, 0.1) is 5.92 Å². The highest BCUT2D eigenvalue weighted by Gasteiger charge is 2.26. The summed E-state index contributed by atoms with van der Waals surface area (Å²) in [6.45, 7) is 4.34. The maximum atomic E-state index is 11.7. The molecule has 4 nitrogen and oxygen atoms in total. The lowest BCUT2D eigenvalue weighted by molar-refractivity contribution is -0.120. The average Bonchev–Trinajstić information content (AvgIpc) is 3.23. The maximum absolute atomic E-state index is 11.7. The number of carbonyl (C=O) groups excluding carboxylic acids is 1. The van der Waals surface area contributed by atoms with Gasteiger partial charge in [-0.15, -0.1) is 0 Å². The molecular weight excluding hydrogens is 252 g/mol. The maximum Gasteiger partial charge on any atom is 0.234 e. The molecule has 2 unspecified atom stereocenters. The third-order valence-corrected chi connectivity index (χ3v) is 3.64. The molecule has 1 fully saturated rings. The molecule has 1 saturated carbocycles. The number of amides is 1. The summed E-state index contributed by atoms with van der Waals surface area (Å²) >= 11 is 0. The second kappa shape index (κ2) is 6.86. The third kappa shape index (κ3) is 4.32. The van der Waals surface area contributed by atoms with Gasteiger partial charge in [-0.3, -0.25) is 4.79 Å². The van der Waals surface area contributed by atoms with Crippen molar-refractivity contribution >= 4 is 5.91 Å². The highest BCUT2D eigenvalue weighted by molar-refractivity contribution is 5.78. The summed E-state index contributed by atoms with van der Waals surface area (Å²) in [5.41, 5.74) is 0.876. The van der Waals surface area contributed by atoms with Crippen molar-refractivity contribution in [3.63, 3.8) is 0 Å². The van der Waals surface area contributed by atoms with Gasteiger partial charge in [0.1, 0.15) is 0 Å². The number of hydrogen-bond donors (Lipinski definition) is 3. The van der Waals surface area contributed by atoms with Gasteiger partial charge in [-0.05, 0) is 24.3 Å². The van der Waals surface area contributed by atoms with E-state index < -0.39 is 6.10 Å². The minimum absolute atomic E-state index is 0.0124. The van der Waals surface area contributed by atoms with Crippen molar-refractivity contribution in [2.45, 2.75) is 44.9 Å². The van der Waals surface area contributed by atoms with Gasteiger partial charge in [0.15, 0.2) is 0 Å². The Morgan fingerprint density at radius 1 is 1.30 bits per heavy atom. The van der Waals surface area contributed by atoms with Crippen molar-refractivity contribution in [1.82, 2.24) is 10.6 Å². The molecule has 20 heavy (non-hydrogen) atoms. The summed E-state index contributed by atoms with van der Waals surface area (Å²) in [5.74, 6) is 0.248. The zero-order chi connectivity index (χ0) is 14.5. The molecule has 1 aromatic carbocycles. The number of rotatable bonds is 7. The van der Waals surface area contributed by atoms with E-state index in [0.29, 0.717) is 6.04 Å². The molecule has 0 bridgehead atoms. The van der Waals surface area contributed by atoms with Gasteiger partial charge in [-0.25, -0.2) is 0 Å². The lowest BCUT2D eigenvalue weighted by atomic mass is 9.93. The Balaban J connectivity index is 1.90. The average molecular weight is 276 g/mol. The van der Waals surface area contributed by atoms with E-state index in [0.717, 1.165) is 18.4 Å². The highest BCUT2D eigenvalue weighted by Crippen LogP contribution is 2.22. The zero-order valence-electron chi connectivity index (χ0n) is 12.2. The largest absolute Gasteiger partial charge is 0.387 e. The SMILES string of the molecule is CC(C)C(NCC(=O)NC1CC1)C(O)c1ccccc1. The van der Waals surface area contributed by atoms with E-state index in [2.05, 4.69) is 10.6 Å². The van der Waals surface area contributed by atoms with Crippen LogP contribution in [0.15, 0.2) is 30.3 Å². The number of benzene rings is 1. The summed E-state index contributed by atoms with van der Waals surface area (Å²) in [5, 5.41) is 16.6. The molecule has 0 spiro atoms. The predicted octanol–water partition coefficient (Wildman–Crippen LogP) is 1.61. The molecule has 0 radical (unpaired) electrons. The smallest absolute Gasteiger partial charge is 0.234 e. The van der Waals surface area contributed by atoms with Crippen LogP contribution in [-0.2, 0) is 4.79 Å². The molecule has 2 atom stereocenters. The second-order valence-electron chi connectivity index (χ2n) is 5.85. The van der Waals surface area contributed by atoms with Crippen LogP contribution in [0.5, 0.6) is 0 Å². The Hall–Kier alpha value is -1.39. The van der Waals surface area contributed by atoms with Gasteiger partial charge in [-0.2, -0.15) is 0 Å². The number of aliphatic hydroxyl groups is 1. The standard InChI is InChI=1S/C16H24N2O2/c1-11(2)15(16(20)12-6-4-3-5-7-12)17-10-14(19)18-13-8-9-13/h3-7,11,13,15-17,20H,8-10H2,1-2H3,(H,18,19). The molecular formula is C16H24N2O2. The molecule has 1 amide bonds. The van der Waals surface area contributed by atoms with Crippen molar-refractivity contribution in [2.75, 3.05) is 6.54 Å². The summed E-state index contributed by atoms with van der Waals surface area (Å²) in [6.07, 6.45) is 1.57. The summed E-state index contributed by atoms with van der Waals surface area (Å²) in [4.78, 5) is 11.7. The van der Waals surface area contributed by atoms with Crippen LogP contribution >= 0.6 is 0 Å². The Labute approximate surface area is 120 Å². The number of carbonyl (C=O) groups is 1. The van der Waals surface area contributed by atoms with Crippen molar-refractivity contribution in [3.8, 4) is 0 Å². The van der Waals surface area contributed by atoms with Gasteiger partial charge in [0.25, 0.3) is 0 Å². The molecule has 2 rings (SSSR count). The van der Waals surface area contributed by atoms with E-state index in [4.69, 9.17) is 0 Å². The fourth-order valence-electron chi connectivity index (χ4n) is 2.29. The van der Waals surface area contributed by atoms with Crippen LogP contribution in [-0.4, -0.2) is 29.6 Å². The molecule has 0 aromatic heterocycles. The van der Waals surface area contributed by atoms with Crippen molar-refractivity contribution in [2.24, 2.45) is 5.92 Å². The number of hydrogen-bond acceptors (Lipinski definition) is 3. The summed E-state index contributed by atoms with van der Waals surface area (Å²) < 4.78 is 0. The fraction of sp³-hybridized carbons (Fsp3) is 0.562. The normalized spacial score (nSPS) is 17.8. The van der Waals surface area contributed by atoms with E-state index in [1.165, 1.54) is 0 Å². The molecule has 0 aliphatic heterocycles. The fourth-order valence-corrected chi connectivity index (χ4v) is 2.29. The molecule has 4 heteroatoms. The Bertz CT molecular complexity index is 429. The molecule has 0 heterocycles. The lowest BCUT2D eigenvalue weighted by Crippen LogP contribution is -2.45. The Morgan fingerprint density at radius 2 is 1.95 bits per heavy atom. The minimum atomic E-state index is -0.607. The highest BCUT2D eigenvalue weighted by atomic mass is 16.3. The van der Waals surface area contributed by atoms with E-state index in [1.54, 1.807) is 0 Å². The second-order valence-corrected chi connectivity index (χ2v) is 5.85. The molecule has 1 aliphatic rings. The monoisotopic (exact) mass is 276 g/mol. The van der Waals surface area contributed by atoms with Gasteiger partial charge >= 0.3 is 0 Å². The van der Waals surface area contributed by atoms with Crippen LogP contribution in [0.3, 0.4) is 0 Å². The Morgan fingerprint density at radius 3 is 2.50 bits per heavy atom. The van der Waals surface area contributed by atoms with Crippen molar-refractivity contribution in [3.05, 3.63) is 35.9 Å². The van der Waals surface area contributed by atoms with Gasteiger partial charge in [-0.1, -0.05) is 44.2 Å². The molecule has 1 aliphatic carbocycles. The lowest BCUT2D eigenvalue weighted by Gasteiger charge is -2.27.